The number of benzene rings is 1. The minimum Gasteiger partial charge on any atom is -0.454 e. The van der Waals surface area contributed by atoms with Crippen molar-refractivity contribution in [3.63, 3.8) is 0 Å². The maximum atomic E-state index is 13.1. The van der Waals surface area contributed by atoms with Crippen molar-refractivity contribution in [2.75, 3.05) is 6.79 Å². The van der Waals surface area contributed by atoms with Gasteiger partial charge in [0.15, 0.2) is 21.2 Å². The van der Waals surface area contributed by atoms with Crippen molar-refractivity contribution in [3.05, 3.63) is 23.8 Å². The van der Waals surface area contributed by atoms with E-state index in [4.69, 9.17) is 9.47 Å². The third-order valence-electron chi connectivity index (χ3n) is 5.53. The molecule has 0 saturated carbocycles. The van der Waals surface area contributed by atoms with Gasteiger partial charge in [-0.2, -0.15) is 5.26 Å². The van der Waals surface area contributed by atoms with E-state index in [0.717, 1.165) is 5.56 Å². The summed E-state index contributed by atoms with van der Waals surface area (Å²) in [4.78, 5) is 25.4. The molecule has 4 aliphatic rings. The summed E-state index contributed by atoms with van der Waals surface area (Å²) in [6.45, 7) is 3.69. The summed E-state index contributed by atoms with van der Waals surface area (Å²) >= 11 is 1.32. The molecule has 7 nitrogen and oxygen atoms in total. The van der Waals surface area contributed by atoms with Crippen molar-refractivity contribution in [3.8, 4) is 17.6 Å². The first-order chi connectivity index (χ1) is 11.8. The standard InChI is InChI=1S/C17H15N3O4S/c1-15(7-18)6-17-13(21)19-16(2,25-17)14(22)20(17)12(15)9-3-4-10-11(5-9)24-8-23-10/h3-5,12H,6,8H2,1-2H3,(H,19,21). The van der Waals surface area contributed by atoms with Crippen LogP contribution in [0.25, 0.3) is 0 Å². The molecule has 5 rings (SSSR count). The lowest BCUT2D eigenvalue weighted by Gasteiger charge is -2.36. The SMILES string of the molecule is CC12NC(=O)C3(CC(C)(C#N)C(c4ccc5c(c4)OCO5)N3C1=O)S2. The number of carbonyl (C=O) groups is 2. The van der Waals surface area contributed by atoms with Gasteiger partial charge in [0.05, 0.1) is 17.5 Å². The molecule has 4 unspecified atom stereocenters. The van der Waals surface area contributed by atoms with Gasteiger partial charge in [-0.15, -0.1) is 0 Å². The van der Waals surface area contributed by atoms with Crippen LogP contribution in [-0.4, -0.2) is 33.2 Å². The van der Waals surface area contributed by atoms with Crippen LogP contribution in [0.15, 0.2) is 18.2 Å². The molecule has 3 saturated heterocycles. The summed E-state index contributed by atoms with van der Waals surface area (Å²) in [5.41, 5.74) is -0.0950. The average Bonchev–Trinajstić information content (AvgIpc) is 3.24. The maximum Gasteiger partial charge on any atom is 0.260 e. The molecule has 128 valence electrons. The first-order valence-corrected chi connectivity index (χ1v) is 8.82. The van der Waals surface area contributed by atoms with Gasteiger partial charge in [0.25, 0.3) is 11.8 Å². The quantitative estimate of drug-likeness (QED) is 0.819. The molecule has 4 aliphatic heterocycles. The molecular formula is C17H15N3O4S. The fraction of sp³-hybridized carbons (Fsp3) is 0.471. The third kappa shape index (κ3) is 1.57. The van der Waals surface area contributed by atoms with E-state index in [1.807, 2.05) is 19.1 Å². The van der Waals surface area contributed by atoms with E-state index in [1.165, 1.54) is 11.8 Å². The average molecular weight is 357 g/mol. The Labute approximate surface area is 148 Å². The molecule has 2 amide bonds. The highest BCUT2D eigenvalue weighted by Gasteiger charge is 2.76. The summed E-state index contributed by atoms with van der Waals surface area (Å²) in [7, 11) is 0. The number of nitriles is 1. The van der Waals surface area contributed by atoms with Crippen molar-refractivity contribution < 1.29 is 19.1 Å². The van der Waals surface area contributed by atoms with Crippen LogP contribution in [0.2, 0.25) is 0 Å². The molecule has 0 radical (unpaired) electrons. The van der Waals surface area contributed by atoms with Gasteiger partial charge in [-0.05, 0) is 31.5 Å². The lowest BCUT2D eigenvalue weighted by molar-refractivity contribution is -0.149. The van der Waals surface area contributed by atoms with Crippen molar-refractivity contribution in [1.29, 1.82) is 5.26 Å². The van der Waals surface area contributed by atoms with E-state index in [0.29, 0.717) is 17.9 Å². The number of hydrogen-bond acceptors (Lipinski definition) is 6. The van der Waals surface area contributed by atoms with Gasteiger partial charge in [0, 0.05) is 6.42 Å². The zero-order valence-corrected chi connectivity index (χ0v) is 14.5. The second kappa shape index (κ2) is 4.22. The van der Waals surface area contributed by atoms with E-state index in [-0.39, 0.29) is 18.6 Å². The van der Waals surface area contributed by atoms with Gasteiger partial charge < -0.3 is 19.7 Å². The molecule has 1 N–H and O–H groups in total. The van der Waals surface area contributed by atoms with Gasteiger partial charge in [-0.25, -0.2) is 0 Å². The maximum absolute atomic E-state index is 13.1. The van der Waals surface area contributed by atoms with Crippen molar-refractivity contribution in [2.24, 2.45) is 5.41 Å². The van der Waals surface area contributed by atoms with Gasteiger partial charge >= 0.3 is 0 Å². The lowest BCUT2D eigenvalue weighted by Crippen LogP contribution is -2.60. The van der Waals surface area contributed by atoms with Crippen LogP contribution >= 0.6 is 11.8 Å². The minimum atomic E-state index is -1.02. The normalized spacial score (nSPS) is 40.2. The molecule has 1 aromatic rings. The van der Waals surface area contributed by atoms with Crippen LogP contribution < -0.4 is 14.8 Å². The number of nitrogens with zero attached hydrogens (tertiary/aromatic N) is 2. The summed E-state index contributed by atoms with van der Waals surface area (Å²) in [5.74, 6) is 0.894. The Morgan fingerprint density at radius 1 is 1.32 bits per heavy atom. The van der Waals surface area contributed by atoms with E-state index < -0.39 is 21.2 Å². The van der Waals surface area contributed by atoms with E-state index >= 15 is 0 Å². The van der Waals surface area contributed by atoms with Crippen molar-refractivity contribution in [2.45, 2.75) is 36.1 Å². The van der Waals surface area contributed by atoms with Crippen molar-refractivity contribution >= 4 is 23.6 Å². The largest absolute Gasteiger partial charge is 0.454 e. The highest BCUT2D eigenvalue weighted by molar-refractivity contribution is 8.04. The smallest absolute Gasteiger partial charge is 0.260 e. The Hall–Kier alpha value is -2.40. The molecule has 2 bridgehead atoms. The van der Waals surface area contributed by atoms with E-state index in [9.17, 15) is 14.9 Å². The van der Waals surface area contributed by atoms with Crippen LogP contribution in [0.5, 0.6) is 11.5 Å². The van der Waals surface area contributed by atoms with E-state index in [2.05, 4.69) is 11.4 Å². The highest BCUT2D eigenvalue weighted by atomic mass is 32.2. The third-order valence-corrected chi connectivity index (χ3v) is 7.08. The molecule has 3 fully saturated rings. The number of rotatable bonds is 1. The van der Waals surface area contributed by atoms with Gasteiger partial charge in [0.2, 0.25) is 6.79 Å². The number of carbonyl (C=O) groups excluding carboxylic acids is 2. The predicted molar refractivity (Wildman–Crippen MR) is 87.4 cm³/mol. The second-order valence-electron chi connectivity index (χ2n) is 7.27. The molecular weight excluding hydrogens is 342 g/mol. The van der Waals surface area contributed by atoms with Crippen LogP contribution in [0.4, 0.5) is 0 Å². The number of fused-ring (bicyclic) bond motifs is 2. The number of thioether (sulfide) groups is 1. The fourth-order valence-corrected chi connectivity index (χ4v) is 6.29. The molecule has 4 atom stereocenters. The molecule has 4 heterocycles. The number of piperazine rings is 1. The summed E-state index contributed by atoms with van der Waals surface area (Å²) in [6, 6.07) is 7.28. The van der Waals surface area contributed by atoms with E-state index in [1.54, 1.807) is 17.9 Å². The molecule has 0 aliphatic carbocycles. The number of amides is 2. The molecule has 0 aromatic heterocycles. The van der Waals surface area contributed by atoms with Gasteiger partial charge in [-0.3, -0.25) is 9.59 Å². The number of hydrogen-bond donors (Lipinski definition) is 1. The molecule has 8 heteroatoms. The Bertz CT molecular complexity index is 898. The Morgan fingerprint density at radius 3 is 2.84 bits per heavy atom. The fourth-order valence-electron chi connectivity index (χ4n) is 4.48. The van der Waals surface area contributed by atoms with Crippen LogP contribution in [-0.2, 0) is 9.59 Å². The number of ether oxygens (including phenoxy) is 2. The van der Waals surface area contributed by atoms with Gasteiger partial charge in [-0.1, -0.05) is 17.8 Å². The van der Waals surface area contributed by atoms with Crippen LogP contribution in [0.3, 0.4) is 0 Å². The summed E-state index contributed by atoms with van der Waals surface area (Å²) in [6.07, 6.45) is 0.299. The zero-order chi connectivity index (χ0) is 17.6. The number of nitrogens with one attached hydrogen (secondary N) is 1. The summed E-state index contributed by atoms with van der Waals surface area (Å²) in [5, 5.41) is 12.7. The molecule has 1 aromatic carbocycles. The first kappa shape index (κ1) is 14.9. The minimum absolute atomic E-state index is 0.154. The molecule has 25 heavy (non-hydrogen) atoms. The van der Waals surface area contributed by atoms with Gasteiger partial charge in [0.1, 0.15) is 0 Å². The van der Waals surface area contributed by atoms with Crippen molar-refractivity contribution in [1.82, 2.24) is 10.2 Å². The zero-order valence-electron chi connectivity index (χ0n) is 13.7. The topological polar surface area (TPSA) is 91.7 Å². The monoisotopic (exact) mass is 357 g/mol. The summed E-state index contributed by atoms with van der Waals surface area (Å²) < 4.78 is 10.8. The van der Waals surface area contributed by atoms with Crippen LogP contribution in [0.1, 0.15) is 31.9 Å². The second-order valence-corrected chi connectivity index (χ2v) is 8.97. The Balaban J connectivity index is 1.69. The highest BCUT2D eigenvalue weighted by Crippen LogP contribution is 2.67. The van der Waals surface area contributed by atoms with Crippen LogP contribution in [0, 0.1) is 16.7 Å². The Kier molecular flexibility index (Phi) is 2.52. The first-order valence-electron chi connectivity index (χ1n) is 8.00. The predicted octanol–water partition coefficient (Wildman–Crippen LogP) is 1.51. The lowest BCUT2D eigenvalue weighted by atomic mass is 9.79. The molecule has 1 spiro atoms. The Morgan fingerprint density at radius 2 is 2.08 bits per heavy atom.